The minimum atomic E-state index is -0.849. The van der Waals surface area contributed by atoms with E-state index in [-0.39, 0.29) is 36.8 Å². The number of ether oxygens (including phenoxy) is 7. The number of halogens is 1. The molecule has 2 aromatic carbocycles. The van der Waals surface area contributed by atoms with Crippen molar-refractivity contribution < 1.29 is 58.1 Å². The average molecular weight is 1260 g/mol. The van der Waals surface area contributed by atoms with Gasteiger partial charge in [-0.1, -0.05) is 142 Å². The lowest BCUT2D eigenvalue weighted by Crippen LogP contribution is -2.75. The van der Waals surface area contributed by atoms with Crippen LogP contribution in [0.25, 0.3) is 0 Å². The van der Waals surface area contributed by atoms with E-state index in [1.165, 1.54) is 127 Å². The van der Waals surface area contributed by atoms with Crippen LogP contribution in [0.4, 0.5) is 9.59 Å². The summed E-state index contributed by atoms with van der Waals surface area (Å²) in [5.74, 6) is 3.66. The van der Waals surface area contributed by atoms with E-state index in [1.54, 1.807) is 6.07 Å². The third-order valence-electron chi connectivity index (χ3n) is 20.9. The Morgan fingerprint density at radius 1 is 0.590 bits per heavy atom. The van der Waals surface area contributed by atoms with Gasteiger partial charge in [0.1, 0.15) is 16.8 Å². The molecule has 3 N–H and O–H groups in total. The summed E-state index contributed by atoms with van der Waals surface area (Å²) >= 11 is 1.97. The van der Waals surface area contributed by atoms with Crippen LogP contribution in [0.5, 0.6) is 23.0 Å². The number of likely N-dealkylation sites (tertiary alicyclic amines) is 2. The lowest BCUT2D eigenvalue weighted by molar-refractivity contribution is -0.174. The molecule has 2 unspecified atom stereocenters. The fraction of sp³-hybridized carbons (Fsp3) is 0.735. The molecule has 4 saturated carbocycles. The van der Waals surface area contributed by atoms with Crippen molar-refractivity contribution in [2.45, 2.75) is 253 Å². The van der Waals surface area contributed by atoms with Gasteiger partial charge in [0.05, 0.1) is 35.2 Å². The summed E-state index contributed by atoms with van der Waals surface area (Å²) in [5, 5.41) is 35.0. The van der Waals surface area contributed by atoms with Gasteiger partial charge in [0.2, 0.25) is 6.79 Å². The van der Waals surface area contributed by atoms with E-state index in [0.717, 1.165) is 137 Å². The van der Waals surface area contributed by atoms with Crippen LogP contribution in [0.15, 0.2) is 48.6 Å². The highest BCUT2D eigenvalue weighted by Crippen LogP contribution is 2.68. The highest BCUT2D eigenvalue weighted by atomic mass is 127. The molecule has 83 heavy (non-hydrogen) atoms. The predicted molar refractivity (Wildman–Crippen MR) is 330 cm³/mol. The zero-order chi connectivity index (χ0) is 58.2. The lowest BCUT2D eigenvalue weighted by atomic mass is 9.48. The topological polar surface area (TPSA) is 166 Å². The number of phenols is 1. The van der Waals surface area contributed by atoms with Gasteiger partial charge in [0.15, 0.2) is 23.0 Å². The molecule has 6 fully saturated rings. The van der Waals surface area contributed by atoms with Crippen LogP contribution < -0.4 is 14.2 Å². The molecule has 8 atom stereocenters. The van der Waals surface area contributed by atoms with Crippen molar-refractivity contribution in [3.8, 4) is 23.0 Å². The molecular weight excluding hydrogens is 1160 g/mol. The molecule has 2 spiro atoms. The maximum Gasteiger partial charge on any atom is 0.511 e. The highest BCUT2D eigenvalue weighted by molar-refractivity contribution is 14.1. The number of piperidine rings is 2. The Hall–Kier alpha value is -3.77. The Morgan fingerprint density at radius 2 is 1.02 bits per heavy atom. The third kappa shape index (κ3) is 13.0. The SMILES string of the molecule is C=C1CC[C@@]2(O)C3Cc4ccc(O)c5c4[C@@]2(CCN3CC2CC2)[C@H]1O5.C=C1CC[C@@]2(O)C3Cc4ccc(OCOC(=O)OCCCCCCCCCCC)c5c4[C@@]2(CCN3CC2CC2)[C@H]1O5.CCCCCCCCCCCOC(=O)OCI. The molecule has 0 aromatic heterocycles. The number of unbranched alkanes of at least 4 members (excludes halogenated alkanes) is 16. The van der Waals surface area contributed by atoms with Crippen LogP contribution in [0, 0.1) is 11.8 Å². The Bertz CT molecular complexity index is 2570. The van der Waals surface area contributed by atoms with Crippen LogP contribution in [-0.4, -0.2) is 124 Å². The maximum absolute atomic E-state index is 12.5. The summed E-state index contributed by atoms with van der Waals surface area (Å²) in [6.07, 6.45) is 32.4. The second kappa shape index (κ2) is 27.9. The second-order valence-electron chi connectivity index (χ2n) is 26.3. The van der Waals surface area contributed by atoms with E-state index in [1.807, 2.05) is 34.7 Å². The molecule has 15 heteroatoms. The van der Waals surface area contributed by atoms with Gasteiger partial charge < -0.3 is 48.5 Å². The molecule has 6 aliphatic carbocycles. The van der Waals surface area contributed by atoms with E-state index in [9.17, 15) is 24.9 Å². The minimum absolute atomic E-state index is 0.102. The van der Waals surface area contributed by atoms with Crippen molar-refractivity contribution in [2.75, 3.05) is 50.8 Å². The van der Waals surface area contributed by atoms with Crippen molar-refractivity contribution in [1.29, 1.82) is 0 Å². The maximum atomic E-state index is 12.5. The fourth-order valence-electron chi connectivity index (χ4n) is 16.3. The monoisotopic (exact) mass is 1260 g/mol. The van der Waals surface area contributed by atoms with Crippen molar-refractivity contribution in [3.05, 3.63) is 70.8 Å². The summed E-state index contributed by atoms with van der Waals surface area (Å²) in [5.41, 5.74) is 4.25. The quantitative estimate of drug-likeness (QED) is 0.0184. The summed E-state index contributed by atoms with van der Waals surface area (Å²) in [6.45, 7) is 17.9. The fourth-order valence-corrected chi connectivity index (χ4v) is 16.5. The Labute approximate surface area is 509 Å². The van der Waals surface area contributed by atoms with Gasteiger partial charge in [-0.25, -0.2) is 9.59 Å². The molecule has 2 saturated heterocycles. The summed E-state index contributed by atoms with van der Waals surface area (Å²) < 4.78 is 39.3. The molecule has 4 aliphatic heterocycles. The summed E-state index contributed by atoms with van der Waals surface area (Å²) in [4.78, 5) is 28.1. The number of rotatable bonds is 28. The number of nitrogens with zero attached hydrogens (tertiary/aromatic N) is 2. The second-order valence-corrected chi connectivity index (χ2v) is 26.9. The van der Waals surface area contributed by atoms with Crippen molar-refractivity contribution in [3.63, 3.8) is 0 Å². The Balaban J connectivity index is 0.000000155. The average Bonchev–Trinajstić information content (AvgIpc) is 1.67. The van der Waals surface area contributed by atoms with E-state index in [0.29, 0.717) is 35.1 Å². The number of aliphatic hydroxyl groups is 2. The Kier molecular flexibility index (Phi) is 21.0. The number of aromatic hydroxyl groups is 1. The van der Waals surface area contributed by atoms with Crippen molar-refractivity contribution in [2.24, 2.45) is 11.8 Å². The largest absolute Gasteiger partial charge is 0.511 e. The first kappa shape index (κ1) is 62.3. The molecule has 2 aromatic rings. The van der Waals surface area contributed by atoms with E-state index in [2.05, 4.69) is 47.6 Å². The first-order chi connectivity index (χ1) is 40.3. The minimum Gasteiger partial charge on any atom is -0.504 e. The number of phenolic OH excluding ortho intramolecular Hbond substituents is 1. The van der Waals surface area contributed by atoms with Crippen molar-refractivity contribution >= 4 is 34.9 Å². The number of carbonyl (C=O) groups is 2. The zero-order valence-electron chi connectivity index (χ0n) is 50.3. The van der Waals surface area contributed by atoms with Gasteiger partial charge >= 0.3 is 12.3 Å². The van der Waals surface area contributed by atoms with E-state index < -0.39 is 34.3 Å². The molecule has 460 valence electrons. The summed E-state index contributed by atoms with van der Waals surface area (Å²) in [7, 11) is 0. The van der Waals surface area contributed by atoms with Gasteiger partial charge in [-0.15, -0.1) is 0 Å². The molecule has 4 heterocycles. The van der Waals surface area contributed by atoms with Gasteiger partial charge in [-0.2, -0.15) is 0 Å². The molecule has 0 amide bonds. The smallest absolute Gasteiger partial charge is 0.504 e. The first-order valence-corrected chi connectivity index (χ1v) is 34.3. The van der Waals surface area contributed by atoms with E-state index in [4.69, 9.17) is 28.4 Å². The van der Waals surface area contributed by atoms with Crippen LogP contribution >= 0.6 is 22.6 Å². The highest BCUT2D eigenvalue weighted by Gasteiger charge is 2.73. The Morgan fingerprint density at radius 3 is 1.49 bits per heavy atom. The number of alkyl halides is 1. The van der Waals surface area contributed by atoms with Crippen LogP contribution in [0.1, 0.15) is 216 Å². The third-order valence-corrected chi connectivity index (χ3v) is 21.2. The van der Waals surface area contributed by atoms with E-state index >= 15 is 0 Å². The first-order valence-electron chi connectivity index (χ1n) is 32.7. The number of benzene rings is 2. The normalized spacial score (nSPS) is 29.2. The van der Waals surface area contributed by atoms with Crippen molar-refractivity contribution in [1.82, 2.24) is 9.80 Å². The van der Waals surface area contributed by atoms with Gasteiger partial charge in [-0.3, -0.25) is 9.80 Å². The van der Waals surface area contributed by atoms with Gasteiger partial charge in [0, 0.05) is 36.3 Å². The van der Waals surface area contributed by atoms with Gasteiger partial charge in [0.25, 0.3) is 0 Å². The van der Waals surface area contributed by atoms with Crippen LogP contribution in [-0.2, 0) is 42.6 Å². The molecule has 0 radical (unpaired) electrons. The van der Waals surface area contributed by atoms with Crippen LogP contribution in [0.2, 0.25) is 0 Å². The predicted octanol–water partition coefficient (Wildman–Crippen LogP) is 14.4. The summed E-state index contributed by atoms with van der Waals surface area (Å²) in [6, 6.07) is 8.11. The van der Waals surface area contributed by atoms with Crippen LogP contribution in [0.3, 0.4) is 0 Å². The number of hydrogen-bond donors (Lipinski definition) is 3. The van der Waals surface area contributed by atoms with Gasteiger partial charge in [-0.05, 0) is 172 Å². The standard InChI is InChI=1S/C34H49NO6.C21H25NO3.C13H25IO3/c1-3-4-5-6-7-8-9-10-11-20-38-32(36)40-23-39-27-15-14-26-21-28-34(37)17-16-24(2)31-33(34,29(26)30(27)41-31)18-19-35(28)22-25-12-13-25;1-12-6-7-21(24)16-10-14-4-5-15(23)18-17(14)20(21,19(12)25-18)8-9-22(16)11-13-2-3-13;1-2-3-4-5-6-7-8-9-10-11-16-13(15)17-12-14/h14-15,25,28,31,37H,2-13,16-23H2,1H3;4-5,13,16,19,23-24H,1-3,6-11H2;2-12H2,1H3/t28?,31-,33-,34+;16?,19-,20-,21+;/m00./s1. The molecule has 4 bridgehead atoms. The molecule has 10 aliphatic rings. The molecule has 14 nitrogen and oxygen atoms in total. The number of carbonyl (C=O) groups excluding carboxylic acids is 2. The molecule has 12 rings (SSSR count). The zero-order valence-corrected chi connectivity index (χ0v) is 52.5. The number of hydrogen-bond acceptors (Lipinski definition) is 14. The molecular formula is C68H99IN2O12. The lowest BCUT2D eigenvalue weighted by Gasteiger charge is -2.63.